The lowest BCUT2D eigenvalue weighted by Crippen LogP contribution is -2.67. The number of hydrogen-bond donors (Lipinski definition) is 0. The first-order valence-corrected chi connectivity index (χ1v) is 10.4. The number of para-hydroxylation sites is 1. The molecule has 2 aliphatic heterocycles. The molecule has 0 fully saturated rings. The fourth-order valence-electron chi connectivity index (χ4n) is 5.74. The van der Waals surface area contributed by atoms with Crippen molar-refractivity contribution in [3.63, 3.8) is 0 Å². The smallest absolute Gasteiger partial charge is 0.245 e. The Balaban J connectivity index is 1.92. The summed E-state index contributed by atoms with van der Waals surface area (Å²) in [5, 5.41) is 0. The molecule has 5 heteroatoms. The minimum atomic E-state index is -0.569. The standard InChI is InChI=1S/C24H29N3O2/c1-22(2,3)18-14-24(23(4,5)6)17-13-12-16(17)19(18)26-20(28)25(21(29)27(24)26)15-10-8-7-9-11-15/h7-14,16-17,19H,1-6H3/t16-,17+,19+,24-/m0/s1. The van der Waals surface area contributed by atoms with Crippen molar-refractivity contribution in [2.45, 2.75) is 53.1 Å². The summed E-state index contributed by atoms with van der Waals surface area (Å²) in [4.78, 5) is 27.5. The first-order valence-electron chi connectivity index (χ1n) is 10.4. The summed E-state index contributed by atoms with van der Waals surface area (Å²) in [6.07, 6.45) is 6.80. The van der Waals surface area contributed by atoms with E-state index in [1.54, 1.807) is 9.36 Å². The van der Waals surface area contributed by atoms with Gasteiger partial charge in [0.1, 0.15) is 0 Å². The molecular formula is C24H29N3O2. The van der Waals surface area contributed by atoms with Crippen LogP contribution in [0.3, 0.4) is 0 Å². The predicted octanol–water partition coefficient (Wildman–Crippen LogP) is 3.89. The van der Waals surface area contributed by atoms with E-state index in [2.05, 4.69) is 59.8 Å². The number of nitrogens with zero attached hydrogens (tertiary/aromatic N) is 3. The molecule has 2 bridgehead atoms. The van der Waals surface area contributed by atoms with Gasteiger partial charge in [-0.05, 0) is 28.5 Å². The predicted molar refractivity (Wildman–Crippen MR) is 114 cm³/mol. The number of hydrogen-bond acceptors (Lipinski definition) is 2. The lowest BCUT2D eigenvalue weighted by Gasteiger charge is -2.63. The van der Waals surface area contributed by atoms with Gasteiger partial charge in [0.2, 0.25) is 0 Å². The third-order valence-electron chi connectivity index (χ3n) is 7.19. The SMILES string of the molecule is CC(C)(C)C1=C[C@@]2(C(C)(C)C)[C@@H]3C=C[C@@H]3[C@H]1n1c(=O)n(-c3ccccc3)c(=O)n12. The van der Waals surface area contributed by atoms with Gasteiger partial charge in [-0.15, -0.1) is 0 Å². The molecule has 152 valence electrons. The van der Waals surface area contributed by atoms with Crippen molar-refractivity contribution < 1.29 is 0 Å². The zero-order valence-electron chi connectivity index (χ0n) is 18.0. The Labute approximate surface area is 171 Å². The highest BCUT2D eigenvalue weighted by atomic mass is 16.2. The summed E-state index contributed by atoms with van der Waals surface area (Å²) in [5.41, 5.74) is 0.482. The van der Waals surface area contributed by atoms with E-state index < -0.39 is 5.54 Å². The van der Waals surface area contributed by atoms with Crippen LogP contribution in [-0.2, 0) is 5.54 Å². The number of aromatic nitrogens is 3. The van der Waals surface area contributed by atoms with Crippen molar-refractivity contribution in [1.82, 2.24) is 13.9 Å². The molecule has 0 spiro atoms. The van der Waals surface area contributed by atoms with E-state index in [4.69, 9.17) is 0 Å². The molecule has 29 heavy (non-hydrogen) atoms. The van der Waals surface area contributed by atoms with Gasteiger partial charge in [-0.3, -0.25) is 0 Å². The van der Waals surface area contributed by atoms with Crippen molar-refractivity contribution in [2.75, 3.05) is 0 Å². The summed E-state index contributed by atoms with van der Waals surface area (Å²) in [6, 6.07) is 9.16. The van der Waals surface area contributed by atoms with Crippen LogP contribution in [0.4, 0.5) is 0 Å². The molecule has 0 unspecified atom stereocenters. The third-order valence-corrected chi connectivity index (χ3v) is 7.19. The highest BCUT2D eigenvalue weighted by Gasteiger charge is 2.64. The van der Waals surface area contributed by atoms with Crippen LogP contribution in [-0.4, -0.2) is 13.9 Å². The second-order valence-corrected chi connectivity index (χ2v) is 10.8. The lowest BCUT2D eigenvalue weighted by molar-refractivity contribution is -0.0372. The molecule has 4 aliphatic rings. The molecule has 0 saturated carbocycles. The Morgan fingerprint density at radius 3 is 2.07 bits per heavy atom. The molecular weight excluding hydrogens is 362 g/mol. The molecule has 0 N–H and O–H groups in total. The molecule has 3 heterocycles. The zero-order chi connectivity index (χ0) is 20.9. The van der Waals surface area contributed by atoms with E-state index in [9.17, 15) is 9.59 Å². The van der Waals surface area contributed by atoms with Gasteiger partial charge < -0.3 is 0 Å². The molecule has 0 saturated heterocycles. The van der Waals surface area contributed by atoms with Crippen molar-refractivity contribution in [3.8, 4) is 5.69 Å². The van der Waals surface area contributed by atoms with E-state index >= 15 is 0 Å². The minimum absolute atomic E-state index is 0.0921. The third kappa shape index (κ3) is 2.06. The maximum atomic E-state index is 13.8. The summed E-state index contributed by atoms with van der Waals surface area (Å²) >= 11 is 0. The average molecular weight is 392 g/mol. The normalized spacial score (nSPS) is 29.9. The van der Waals surface area contributed by atoms with Crippen molar-refractivity contribution in [1.29, 1.82) is 0 Å². The highest BCUT2D eigenvalue weighted by Crippen LogP contribution is 2.63. The second kappa shape index (κ2) is 5.32. The number of allylic oxidation sites excluding steroid dienone is 4. The zero-order valence-corrected chi connectivity index (χ0v) is 18.0. The van der Waals surface area contributed by atoms with Gasteiger partial charge in [-0.1, -0.05) is 78.0 Å². The fraction of sp³-hybridized carbons (Fsp3) is 0.500. The molecule has 4 atom stereocenters. The molecule has 0 radical (unpaired) electrons. The van der Waals surface area contributed by atoms with Crippen LogP contribution in [0.2, 0.25) is 0 Å². The van der Waals surface area contributed by atoms with Crippen LogP contribution in [0.5, 0.6) is 0 Å². The molecule has 2 aromatic rings. The Kier molecular flexibility index (Phi) is 3.39. The highest BCUT2D eigenvalue weighted by molar-refractivity contribution is 5.42. The summed E-state index contributed by atoms with van der Waals surface area (Å²) in [7, 11) is 0. The quantitative estimate of drug-likeness (QED) is 0.693. The van der Waals surface area contributed by atoms with Crippen molar-refractivity contribution >= 4 is 0 Å². The van der Waals surface area contributed by atoms with E-state index in [0.717, 1.165) is 0 Å². The van der Waals surface area contributed by atoms with Crippen LogP contribution in [0.15, 0.2) is 63.7 Å². The van der Waals surface area contributed by atoms with Crippen LogP contribution >= 0.6 is 0 Å². The van der Waals surface area contributed by atoms with Gasteiger partial charge in [0.25, 0.3) is 0 Å². The summed E-state index contributed by atoms with van der Waals surface area (Å²) < 4.78 is 4.90. The molecule has 0 amide bonds. The maximum Gasteiger partial charge on any atom is 0.352 e. The van der Waals surface area contributed by atoms with Crippen molar-refractivity contribution in [3.05, 3.63) is 75.1 Å². The maximum absolute atomic E-state index is 13.8. The number of rotatable bonds is 1. The van der Waals surface area contributed by atoms with E-state index in [1.807, 2.05) is 30.3 Å². The van der Waals surface area contributed by atoms with E-state index in [0.29, 0.717) is 5.69 Å². The van der Waals surface area contributed by atoms with Gasteiger partial charge in [0, 0.05) is 11.8 Å². The summed E-state index contributed by atoms with van der Waals surface area (Å²) in [6.45, 7) is 13.2. The Hall–Kier alpha value is -2.56. The van der Waals surface area contributed by atoms with Gasteiger partial charge in [0.15, 0.2) is 0 Å². The van der Waals surface area contributed by atoms with Crippen LogP contribution in [0.25, 0.3) is 5.69 Å². The van der Waals surface area contributed by atoms with Gasteiger partial charge >= 0.3 is 11.4 Å². The molecule has 2 aliphatic carbocycles. The minimum Gasteiger partial charge on any atom is -0.245 e. The van der Waals surface area contributed by atoms with Crippen LogP contribution < -0.4 is 11.4 Å². The fourth-order valence-corrected chi connectivity index (χ4v) is 5.74. The van der Waals surface area contributed by atoms with E-state index in [-0.39, 0.29) is 40.1 Å². The van der Waals surface area contributed by atoms with Crippen molar-refractivity contribution in [2.24, 2.45) is 22.7 Å². The Bertz CT molecular complexity index is 1180. The monoisotopic (exact) mass is 391 g/mol. The average Bonchev–Trinajstić information content (AvgIpc) is 2.86. The van der Waals surface area contributed by atoms with E-state index in [1.165, 1.54) is 10.1 Å². The van der Waals surface area contributed by atoms with Gasteiger partial charge in [-0.2, -0.15) is 0 Å². The topological polar surface area (TPSA) is 48.9 Å². The molecule has 6 rings (SSSR count). The Morgan fingerprint density at radius 2 is 1.55 bits per heavy atom. The molecule has 1 aromatic heterocycles. The molecule has 1 aromatic carbocycles. The molecule has 5 nitrogen and oxygen atoms in total. The lowest BCUT2D eigenvalue weighted by atomic mass is 9.50. The number of benzene rings is 1. The van der Waals surface area contributed by atoms with Crippen LogP contribution in [0.1, 0.15) is 47.6 Å². The first kappa shape index (κ1) is 18.5. The van der Waals surface area contributed by atoms with Gasteiger partial charge in [0.05, 0.1) is 17.3 Å². The Morgan fingerprint density at radius 1 is 0.897 bits per heavy atom. The second-order valence-electron chi connectivity index (χ2n) is 10.8. The largest absolute Gasteiger partial charge is 0.352 e. The first-order chi connectivity index (χ1) is 13.5. The van der Waals surface area contributed by atoms with Crippen LogP contribution in [0, 0.1) is 22.7 Å². The van der Waals surface area contributed by atoms with Gasteiger partial charge in [-0.25, -0.2) is 23.5 Å². The summed E-state index contributed by atoms with van der Waals surface area (Å²) in [5.74, 6) is 0.472.